The van der Waals surface area contributed by atoms with Gasteiger partial charge in [-0.25, -0.2) is 4.39 Å². The van der Waals surface area contributed by atoms with Crippen LogP contribution in [0.1, 0.15) is 6.92 Å². The van der Waals surface area contributed by atoms with E-state index >= 15 is 0 Å². The average molecular weight is 184 g/mol. The lowest BCUT2D eigenvalue weighted by Crippen LogP contribution is -2.14. The van der Waals surface area contributed by atoms with Crippen molar-refractivity contribution < 1.29 is 22.8 Å². The minimum Gasteiger partial charge on any atom is -0.310 e. The molecule has 1 unspecified atom stereocenters. The van der Waals surface area contributed by atoms with Crippen molar-refractivity contribution in [3.05, 3.63) is 0 Å². The summed E-state index contributed by atoms with van der Waals surface area (Å²) >= 11 is 0. The Morgan fingerprint density at radius 1 is 1.45 bits per heavy atom. The standard InChI is InChI=1S/C5H10FO4P/c1-4(7)5(6)11(8,9-2)10-3/h5H,1-3H3. The number of halogens is 1. The van der Waals surface area contributed by atoms with Crippen molar-refractivity contribution in [2.45, 2.75) is 12.8 Å². The zero-order valence-corrected chi connectivity index (χ0v) is 7.43. The fourth-order valence-electron chi connectivity index (χ4n) is 0.482. The van der Waals surface area contributed by atoms with Crippen molar-refractivity contribution in [1.82, 2.24) is 0 Å². The van der Waals surface area contributed by atoms with Gasteiger partial charge in [-0.2, -0.15) is 0 Å². The van der Waals surface area contributed by atoms with Gasteiger partial charge in [-0.3, -0.25) is 9.36 Å². The van der Waals surface area contributed by atoms with Gasteiger partial charge < -0.3 is 9.05 Å². The minimum absolute atomic E-state index is 0.864. The molecule has 0 aliphatic heterocycles. The summed E-state index contributed by atoms with van der Waals surface area (Å²) in [4.78, 5) is 10.4. The van der Waals surface area contributed by atoms with Crippen molar-refractivity contribution in [2.75, 3.05) is 14.2 Å². The summed E-state index contributed by atoms with van der Waals surface area (Å²) in [6, 6.07) is 0. The van der Waals surface area contributed by atoms with E-state index in [9.17, 15) is 13.8 Å². The Kier molecular flexibility index (Phi) is 3.86. The van der Waals surface area contributed by atoms with Crippen molar-refractivity contribution in [3.8, 4) is 0 Å². The van der Waals surface area contributed by atoms with E-state index in [0.29, 0.717) is 0 Å². The first kappa shape index (κ1) is 10.8. The number of carbonyl (C=O) groups is 1. The Morgan fingerprint density at radius 2 is 1.82 bits per heavy atom. The lowest BCUT2D eigenvalue weighted by Gasteiger charge is -2.14. The molecule has 66 valence electrons. The summed E-state index contributed by atoms with van der Waals surface area (Å²) in [5.41, 5.74) is 0. The van der Waals surface area contributed by atoms with E-state index in [2.05, 4.69) is 9.05 Å². The van der Waals surface area contributed by atoms with Gasteiger partial charge in [0.05, 0.1) is 0 Å². The monoisotopic (exact) mass is 184 g/mol. The molecule has 0 radical (unpaired) electrons. The molecule has 1 atom stereocenters. The Bertz CT molecular complexity index is 185. The molecule has 0 saturated carbocycles. The Hall–Kier alpha value is -0.250. The van der Waals surface area contributed by atoms with Gasteiger partial charge in [0.2, 0.25) is 0 Å². The third-order valence-electron chi connectivity index (χ3n) is 1.12. The summed E-state index contributed by atoms with van der Waals surface area (Å²) in [6.07, 6.45) is 0. The maximum atomic E-state index is 12.7. The van der Waals surface area contributed by atoms with Crippen LogP contribution in [-0.2, 0) is 18.4 Å². The van der Waals surface area contributed by atoms with Crippen LogP contribution in [0, 0.1) is 0 Å². The Morgan fingerprint density at radius 3 is 1.91 bits per heavy atom. The predicted octanol–water partition coefficient (Wildman–Crippen LogP) is 1.36. The maximum absolute atomic E-state index is 12.7. The first-order chi connectivity index (χ1) is 4.98. The van der Waals surface area contributed by atoms with Gasteiger partial charge in [-0.1, -0.05) is 0 Å². The molecule has 0 aromatic heterocycles. The fraction of sp³-hybridized carbons (Fsp3) is 0.800. The molecule has 0 saturated heterocycles. The number of ketones is 1. The molecule has 0 bridgehead atoms. The molecular weight excluding hydrogens is 174 g/mol. The molecule has 0 aliphatic carbocycles. The Labute approximate surface area is 64.2 Å². The summed E-state index contributed by atoms with van der Waals surface area (Å²) in [5, 5.41) is 0. The van der Waals surface area contributed by atoms with Crippen LogP contribution < -0.4 is 0 Å². The van der Waals surface area contributed by atoms with Gasteiger partial charge in [0, 0.05) is 14.2 Å². The van der Waals surface area contributed by atoms with E-state index in [-0.39, 0.29) is 0 Å². The number of Topliss-reactive ketones (excluding diaryl/α,β-unsaturated/α-hetero) is 1. The number of hydrogen-bond donors (Lipinski definition) is 0. The average Bonchev–Trinajstić information content (AvgIpc) is 2.01. The normalized spacial score (nSPS) is 14.5. The van der Waals surface area contributed by atoms with E-state index in [0.717, 1.165) is 21.1 Å². The van der Waals surface area contributed by atoms with E-state index in [1.807, 2.05) is 0 Å². The van der Waals surface area contributed by atoms with E-state index < -0.39 is 19.3 Å². The number of hydrogen-bond acceptors (Lipinski definition) is 4. The lowest BCUT2D eigenvalue weighted by molar-refractivity contribution is -0.119. The smallest absolute Gasteiger partial charge is 0.310 e. The molecule has 0 N–H and O–H groups in total. The van der Waals surface area contributed by atoms with Gasteiger partial charge in [0.1, 0.15) is 0 Å². The largest absolute Gasteiger partial charge is 0.371 e. The van der Waals surface area contributed by atoms with Gasteiger partial charge in [-0.05, 0) is 6.92 Å². The minimum atomic E-state index is -3.84. The first-order valence-electron chi connectivity index (χ1n) is 2.83. The number of rotatable bonds is 4. The summed E-state index contributed by atoms with van der Waals surface area (Å²) in [5.74, 6) is -3.05. The van der Waals surface area contributed by atoms with Crippen LogP contribution in [0.3, 0.4) is 0 Å². The second kappa shape index (κ2) is 3.95. The number of alkyl halides is 1. The van der Waals surface area contributed by atoms with Crippen LogP contribution in [0.4, 0.5) is 4.39 Å². The van der Waals surface area contributed by atoms with Crippen molar-refractivity contribution in [2.24, 2.45) is 0 Å². The third kappa shape index (κ3) is 2.36. The molecule has 0 aliphatic rings. The lowest BCUT2D eigenvalue weighted by atomic mass is 10.5. The summed E-state index contributed by atoms with van der Waals surface area (Å²) in [6.45, 7) is 0.982. The van der Waals surface area contributed by atoms with E-state index in [1.54, 1.807) is 0 Å². The second-order valence-corrected chi connectivity index (χ2v) is 4.11. The molecule has 0 aromatic rings. The van der Waals surface area contributed by atoms with Crippen LogP contribution in [0.2, 0.25) is 0 Å². The van der Waals surface area contributed by atoms with Crippen LogP contribution in [0.25, 0.3) is 0 Å². The van der Waals surface area contributed by atoms with Crippen LogP contribution in [0.5, 0.6) is 0 Å². The van der Waals surface area contributed by atoms with E-state index in [1.165, 1.54) is 0 Å². The summed E-state index contributed by atoms with van der Waals surface area (Å²) < 4.78 is 32.3. The molecule has 4 nitrogen and oxygen atoms in total. The predicted molar refractivity (Wildman–Crippen MR) is 37.2 cm³/mol. The third-order valence-corrected chi connectivity index (χ3v) is 3.06. The zero-order chi connectivity index (χ0) is 9.07. The van der Waals surface area contributed by atoms with Crippen molar-refractivity contribution in [3.63, 3.8) is 0 Å². The van der Waals surface area contributed by atoms with Crippen LogP contribution in [-0.4, -0.2) is 25.9 Å². The van der Waals surface area contributed by atoms with Gasteiger partial charge in [0.15, 0.2) is 5.78 Å². The van der Waals surface area contributed by atoms with Gasteiger partial charge in [-0.15, -0.1) is 0 Å². The fourth-order valence-corrected chi connectivity index (χ4v) is 1.45. The quantitative estimate of drug-likeness (QED) is 0.619. The highest BCUT2D eigenvalue weighted by atomic mass is 31.2. The highest BCUT2D eigenvalue weighted by Gasteiger charge is 2.37. The number of carbonyl (C=O) groups excluding carboxylic acids is 1. The molecule has 0 amide bonds. The van der Waals surface area contributed by atoms with Crippen LogP contribution in [0.15, 0.2) is 0 Å². The zero-order valence-electron chi connectivity index (χ0n) is 6.54. The SMILES string of the molecule is COP(=O)(OC)C(F)C(C)=O. The van der Waals surface area contributed by atoms with Crippen molar-refractivity contribution >= 4 is 13.4 Å². The summed E-state index contributed by atoms with van der Waals surface area (Å²) in [7, 11) is -1.79. The van der Waals surface area contributed by atoms with E-state index in [4.69, 9.17) is 0 Å². The second-order valence-electron chi connectivity index (χ2n) is 1.85. The molecule has 0 rings (SSSR count). The molecular formula is C5H10FO4P. The molecule has 0 fully saturated rings. The first-order valence-corrected chi connectivity index (χ1v) is 4.45. The highest BCUT2D eigenvalue weighted by Crippen LogP contribution is 2.52. The van der Waals surface area contributed by atoms with Gasteiger partial charge >= 0.3 is 7.60 Å². The van der Waals surface area contributed by atoms with Crippen molar-refractivity contribution in [1.29, 1.82) is 0 Å². The highest BCUT2D eigenvalue weighted by molar-refractivity contribution is 7.55. The molecule has 0 aromatic carbocycles. The van der Waals surface area contributed by atoms with Gasteiger partial charge in [0.25, 0.3) is 5.91 Å². The maximum Gasteiger partial charge on any atom is 0.371 e. The molecule has 6 heteroatoms. The Balaban J connectivity index is 4.51. The molecule has 11 heavy (non-hydrogen) atoms. The topological polar surface area (TPSA) is 52.6 Å². The molecule has 0 spiro atoms. The molecule has 0 heterocycles. The van der Waals surface area contributed by atoms with Crippen LogP contribution >= 0.6 is 7.60 Å².